The van der Waals surface area contributed by atoms with E-state index in [9.17, 15) is 0 Å². The highest BCUT2D eigenvalue weighted by molar-refractivity contribution is 6.30. The molecule has 0 amide bonds. The van der Waals surface area contributed by atoms with Gasteiger partial charge < -0.3 is 0 Å². The van der Waals surface area contributed by atoms with Gasteiger partial charge in [0.15, 0.2) is 0 Å². The fourth-order valence-corrected chi connectivity index (χ4v) is 3.04. The molecule has 31 heavy (non-hydrogen) atoms. The molecule has 0 fully saturated rings. The number of rotatable bonds is 3. The maximum Gasteiger partial charge on any atom is 0.361 e. The summed E-state index contributed by atoms with van der Waals surface area (Å²) >= 11 is 6.04. The molecular formula is C24H18Cl2O5. The van der Waals surface area contributed by atoms with Crippen LogP contribution in [-0.4, -0.2) is 0 Å². The van der Waals surface area contributed by atoms with Gasteiger partial charge in [-0.25, -0.2) is 23.1 Å². The fourth-order valence-electron chi connectivity index (χ4n) is 2.92. The van der Waals surface area contributed by atoms with Gasteiger partial charge in [0.2, 0.25) is 0 Å². The van der Waals surface area contributed by atoms with E-state index in [4.69, 9.17) is 34.7 Å². The van der Waals surface area contributed by atoms with Crippen LogP contribution in [0.5, 0.6) is 0 Å². The summed E-state index contributed by atoms with van der Waals surface area (Å²) in [6.45, 7) is 2.08. The van der Waals surface area contributed by atoms with Gasteiger partial charge in [-0.1, -0.05) is 59.6 Å². The van der Waals surface area contributed by atoms with E-state index in [0.717, 1.165) is 33.8 Å². The Morgan fingerprint density at radius 1 is 0.613 bits per heavy atom. The van der Waals surface area contributed by atoms with Crippen molar-refractivity contribution >= 4 is 11.6 Å². The Labute approximate surface area is 187 Å². The zero-order valence-electron chi connectivity index (χ0n) is 16.5. The first-order valence-corrected chi connectivity index (χ1v) is 10.8. The molecule has 1 heterocycles. The predicted octanol–water partition coefficient (Wildman–Crippen LogP) is 2.77. The fraction of sp³-hybridized carbons (Fsp3) is 0.0417. The van der Waals surface area contributed by atoms with Crippen LogP contribution in [0.2, 0.25) is 5.02 Å². The molecule has 0 N–H and O–H groups in total. The number of hydrogen-bond acceptors (Lipinski definition) is 4. The van der Waals surface area contributed by atoms with Crippen LogP contribution in [0.1, 0.15) is 5.56 Å². The summed E-state index contributed by atoms with van der Waals surface area (Å²) < 4.78 is 40.2. The second-order valence-electron chi connectivity index (χ2n) is 6.69. The van der Waals surface area contributed by atoms with E-state index >= 15 is 0 Å². The molecule has 0 saturated carbocycles. The smallest absolute Gasteiger partial charge is 0.222 e. The van der Waals surface area contributed by atoms with Crippen molar-refractivity contribution in [3.05, 3.63) is 102 Å². The van der Waals surface area contributed by atoms with Crippen molar-refractivity contribution < 1.29 is 33.3 Å². The van der Waals surface area contributed by atoms with E-state index in [1.807, 2.05) is 42.5 Å². The van der Waals surface area contributed by atoms with Crippen molar-refractivity contribution in [3.63, 3.8) is 0 Å². The minimum atomic E-state index is -4.94. The number of halogens is 2. The lowest BCUT2D eigenvalue weighted by Gasteiger charge is -2.17. The highest BCUT2D eigenvalue weighted by Crippen LogP contribution is 2.33. The third-order valence-electron chi connectivity index (χ3n) is 4.37. The van der Waals surface area contributed by atoms with Crippen LogP contribution < -0.4 is 18.6 Å². The zero-order chi connectivity index (χ0) is 22.4. The average Bonchev–Trinajstić information content (AvgIpc) is 2.74. The summed E-state index contributed by atoms with van der Waals surface area (Å²) in [5.41, 5.74) is 5.57. The lowest BCUT2D eigenvalue weighted by atomic mass is 10.0. The summed E-state index contributed by atoms with van der Waals surface area (Å²) in [6.07, 6.45) is 0. The summed E-state index contributed by atoms with van der Waals surface area (Å²) in [4.78, 5) is 0. The van der Waals surface area contributed by atoms with Crippen LogP contribution in [-0.2, 0) is 0 Å². The highest BCUT2D eigenvalue weighted by atomic mass is 35.7. The summed E-state index contributed by atoms with van der Waals surface area (Å²) in [7, 11) is -4.94. The van der Waals surface area contributed by atoms with Crippen LogP contribution in [0.15, 0.2) is 95.4 Å². The number of hydrogen-bond donors (Lipinski definition) is 0. The minimum Gasteiger partial charge on any atom is -0.222 e. The Bertz CT molecular complexity index is 1050. The predicted molar refractivity (Wildman–Crippen MR) is 109 cm³/mol. The Balaban J connectivity index is 0.000000491. The molecule has 4 aromatic rings. The average molecular weight is 457 g/mol. The summed E-state index contributed by atoms with van der Waals surface area (Å²) in [6, 6.07) is 30.6. The molecule has 0 saturated heterocycles. The second kappa shape index (κ2) is 10.0. The van der Waals surface area contributed by atoms with Gasteiger partial charge in [0, 0.05) is 10.6 Å². The van der Waals surface area contributed by atoms with E-state index in [2.05, 4.69) is 55.5 Å². The van der Waals surface area contributed by atoms with Gasteiger partial charge in [-0.05, 0) is 48.9 Å². The molecule has 0 atom stereocenters. The lowest BCUT2D eigenvalue weighted by Crippen LogP contribution is -2.68. The molecule has 3 aromatic carbocycles. The molecule has 0 aliphatic heterocycles. The van der Waals surface area contributed by atoms with Crippen LogP contribution >= 0.6 is 11.6 Å². The van der Waals surface area contributed by atoms with Crippen LogP contribution in [0.25, 0.3) is 33.8 Å². The summed E-state index contributed by atoms with van der Waals surface area (Å²) in [5.74, 6) is 1.66. The normalized spacial score (nSPS) is 10.9. The molecule has 0 radical (unpaired) electrons. The first-order valence-electron chi connectivity index (χ1n) is 9.17. The largest absolute Gasteiger partial charge is 0.361 e. The van der Waals surface area contributed by atoms with Gasteiger partial charge in [0.05, 0.1) is 23.3 Å². The Morgan fingerprint density at radius 3 is 1.55 bits per heavy atom. The van der Waals surface area contributed by atoms with Gasteiger partial charge in [-0.3, -0.25) is 0 Å². The van der Waals surface area contributed by atoms with Gasteiger partial charge in [-0.2, -0.15) is 0 Å². The van der Waals surface area contributed by atoms with Gasteiger partial charge in [0.25, 0.3) is 0 Å². The maximum atomic E-state index is 8.49. The van der Waals surface area contributed by atoms with Crippen molar-refractivity contribution in [1.29, 1.82) is 0 Å². The van der Waals surface area contributed by atoms with Gasteiger partial charge in [0.1, 0.15) is 0 Å². The van der Waals surface area contributed by atoms with Crippen molar-refractivity contribution in [1.82, 2.24) is 0 Å². The SMILES string of the molecule is Cc1ccc(-c2cc(-c3ccccc3)cc(-c3ccc(Cl)cc3)[o+]2)cc1.[O-][Cl+3]([O-])([O-])[O-]. The molecule has 1 aromatic heterocycles. The standard InChI is InChI=1S/C24H18ClO.ClHO4/c1-17-7-9-19(10-8-17)23-15-21(18-5-3-2-4-6-18)16-24(26-23)20-11-13-22(25)14-12-20;2-1(3,4)5/h2-16H,1H3;(H,2,3,4,5)/q+1;/p-1. The molecule has 0 unspecified atom stereocenters. The Kier molecular flexibility index (Phi) is 7.41. The minimum absolute atomic E-state index is 0.715. The molecule has 0 bridgehead atoms. The van der Waals surface area contributed by atoms with Crippen molar-refractivity contribution in [2.45, 2.75) is 6.92 Å². The summed E-state index contributed by atoms with van der Waals surface area (Å²) in [5, 5.41) is 0.715. The van der Waals surface area contributed by atoms with Gasteiger partial charge >= 0.3 is 11.5 Å². The van der Waals surface area contributed by atoms with Crippen LogP contribution in [0, 0.1) is 17.2 Å². The van der Waals surface area contributed by atoms with E-state index in [1.165, 1.54) is 5.56 Å². The second-order valence-corrected chi connectivity index (χ2v) is 7.88. The molecule has 7 heteroatoms. The quantitative estimate of drug-likeness (QED) is 0.440. The van der Waals surface area contributed by atoms with E-state index in [1.54, 1.807) is 0 Å². The molecule has 158 valence electrons. The lowest BCUT2D eigenvalue weighted by molar-refractivity contribution is -2.00. The van der Waals surface area contributed by atoms with Crippen LogP contribution in [0.3, 0.4) is 0 Å². The van der Waals surface area contributed by atoms with E-state index < -0.39 is 10.2 Å². The number of aryl methyl sites for hydroxylation is 1. The number of benzene rings is 3. The van der Waals surface area contributed by atoms with Crippen molar-refractivity contribution in [2.75, 3.05) is 0 Å². The van der Waals surface area contributed by atoms with Crippen molar-refractivity contribution in [2.24, 2.45) is 0 Å². The first-order chi connectivity index (χ1) is 14.7. The molecule has 0 aliphatic carbocycles. The monoisotopic (exact) mass is 456 g/mol. The zero-order valence-corrected chi connectivity index (χ0v) is 18.0. The molecule has 5 nitrogen and oxygen atoms in total. The molecule has 0 spiro atoms. The van der Waals surface area contributed by atoms with E-state index in [-0.39, 0.29) is 0 Å². The van der Waals surface area contributed by atoms with E-state index in [0.29, 0.717) is 5.02 Å². The van der Waals surface area contributed by atoms with Crippen LogP contribution in [0.4, 0.5) is 0 Å². The Hall–Kier alpha value is -2.77. The topological polar surface area (TPSA) is 104 Å². The molecule has 4 rings (SSSR count). The highest BCUT2D eigenvalue weighted by Gasteiger charge is 2.20. The molecular weight excluding hydrogens is 439 g/mol. The third-order valence-corrected chi connectivity index (χ3v) is 4.62. The molecule has 0 aliphatic rings. The maximum absolute atomic E-state index is 8.49. The third kappa shape index (κ3) is 7.15. The first kappa shape index (κ1) is 22.9. The Morgan fingerprint density at radius 2 is 1.06 bits per heavy atom. The van der Waals surface area contributed by atoms with Gasteiger partial charge in [-0.15, -0.1) is 10.2 Å². The van der Waals surface area contributed by atoms with Crippen molar-refractivity contribution in [3.8, 4) is 33.8 Å².